The van der Waals surface area contributed by atoms with E-state index in [2.05, 4.69) is 81.1 Å². The maximum Gasteiger partial charge on any atom is 0.124 e. The first-order chi connectivity index (χ1) is 16.7. The van der Waals surface area contributed by atoms with Gasteiger partial charge in [0.1, 0.15) is 17.3 Å². The molecule has 0 N–H and O–H groups in total. The molecule has 1 saturated heterocycles. The van der Waals surface area contributed by atoms with E-state index in [0.29, 0.717) is 0 Å². The highest BCUT2D eigenvalue weighted by Gasteiger charge is 2.20. The SMILES string of the molecule is COc1cc(CN2CCN(Cc3nc4ccccc4n3Cc3ccccc3)CC2)cc(OC)c1. The molecule has 0 amide bonds. The molecule has 4 aromatic rings. The number of benzene rings is 3. The number of aromatic nitrogens is 2. The van der Waals surface area contributed by atoms with Gasteiger partial charge in [-0.05, 0) is 35.4 Å². The Bertz CT molecular complexity index is 1210. The molecule has 3 aromatic carbocycles. The van der Waals surface area contributed by atoms with Crippen molar-refractivity contribution >= 4 is 11.0 Å². The van der Waals surface area contributed by atoms with Crippen molar-refractivity contribution in [3.63, 3.8) is 0 Å². The summed E-state index contributed by atoms with van der Waals surface area (Å²) in [4.78, 5) is 10.0. The average Bonchev–Trinajstić information content (AvgIpc) is 3.22. The Balaban J connectivity index is 1.26. The number of fused-ring (bicyclic) bond motifs is 1. The van der Waals surface area contributed by atoms with Crippen LogP contribution in [0.15, 0.2) is 72.8 Å². The van der Waals surface area contributed by atoms with Gasteiger partial charge in [0.05, 0.1) is 31.8 Å². The molecular weight excluding hydrogens is 424 g/mol. The first kappa shape index (κ1) is 22.4. The van der Waals surface area contributed by atoms with Gasteiger partial charge in [-0.15, -0.1) is 0 Å². The summed E-state index contributed by atoms with van der Waals surface area (Å²) in [5.74, 6) is 2.81. The third-order valence-electron chi connectivity index (χ3n) is 6.56. The van der Waals surface area contributed by atoms with Crippen molar-refractivity contribution in [3.05, 3.63) is 89.7 Å². The zero-order chi connectivity index (χ0) is 23.3. The van der Waals surface area contributed by atoms with E-state index in [9.17, 15) is 0 Å². The van der Waals surface area contributed by atoms with Gasteiger partial charge < -0.3 is 14.0 Å². The van der Waals surface area contributed by atoms with Crippen molar-refractivity contribution in [2.45, 2.75) is 19.6 Å². The summed E-state index contributed by atoms with van der Waals surface area (Å²) in [7, 11) is 3.39. The number of methoxy groups -OCH3 is 2. The predicted octanol–water partition coefficient (Wildman–Crippen LogP) is 4.42. The highest BCUT2D eigenvalue weighted by atomic mass is 16.5. The summed E-state index contributed by atoms with van der Waals surface area (Å²) < 4.78 is 13.2. The molecule has 1 aliphatic rings. The lowest BCUT2D eigenvalue weighted by molar-refractivity contribution is 0.119. The van der Waals surface area contributed by atoms with Crippen LogP contribution < -0.4 is 9.47 Å². The normalized spacial score (nSPS) is 15.0. The van der Waals surface area contributed by atoms with Gasteiger partial charge in [-0.2, -0.15) is 0 Å². The topological polar surface area (TPSA) is 42.8 Å². The van der Waals surface area contributed by atoms with Gasteiger partial charge in [0.15, 0.2) is 0 Å². The van der Waals surface area contributed by atoms with Crippen molar-refractivity contribution in [2.24, 2.45) is 0 Å². The summed E-state index contributed by atoms with van der Waals surface area (Å²) in [5.41, 5.74) is 4.78. The van der Waals surface area contributed by atoms with E-state index in [-0.39, 0.29) is 0 Å². The highest BCUT2D eigenvalue weighted by molar-refractivity contribution is 5.76. The first-order valence-corrected chi connectivity index (χ1v) is 11.9. The maximum atomic E-state index is 5.43. The number of piperazine rings is 1. The Morgan fingerprint density at radius 3 is 1.97 bits per heavy atom. The third-order valence-corrected chi connectivity index (χ3v) is 6.56. The van der Waals surface area contributed by atoms with Crippen LogP contribution in [0.4, 0.5) is 0 Å². The van der Waals surface area contributed by atoms with Crippen molar-refractivity contribution < 1.29 is 9.47 Å². The molecule has 0 saturated carbocycles. The van der Waals surface area contributed by atoms with Crippen LogP contribution in [0.2, 0.25) is 0 Å². The lowest BCUT2D eigenvalue weighted by Crippen LogP contribution is -2.45. The van der Waals surface area contributed by atoms with E-state index in [4.69, 9.17) is 14.5 Å². The van der Waals surface area contributed by atoms with Gasteiger partial charge >= 0.3 is 0 Å². The summed E-state index contributed by atoms with van der Waals surface area (Å²) in [6.45, 7) is 6.70. The standard InChI is InChI=1S/C28H32N4O2/c1-33-24-16-23(17-25(18-24)34-2)19-30-12-14-31(15-13-30)21-28-29-26-10-6-7-11-27(26)32(28)20-22-8-4-3-5-9-22/h3-11,16-18H,12-15,19-21H2,1-2H3. The van der Waals surface area contributed by atoms with E-state index in [0.717, 1.165) is 68.7 Å². The minimum atomic E-state index is 0.838. The molecule has 1 aliphatic heterocycles. The summed E-state index contributed by atoms with van der Waals surface area (Å²) in [5, 5.41) is 0. The molecule has 0 radical (unpaired) electrons. The minimum Gasteiger partial charge on any atom is -0.497 e. The molecule has 0 spiro atoms. The molecule has 0 bridgehead atoms. The van der Waals surface area contributed by atoms with E-state index < -0.39 is 0 Å². The molecule has 0 aliphatic carbocycles. The number of nitrogens with zero attached hydrogens (tertiary/aromatic N) is 4. The molecular formula is C28H32N4O2. The number of hydrogen-bond acceptors (Lipinski definition) is 5. The number of para-hydroxylation sites is 2. The van der Waals surface area contributed by atoms with Gasteiger partial charge in [0.2, 0.25) is 0 Å². The number of ether oxygens (including phenoxy) is 2. The van der Waals surface area contributed by atoms with Crippen LogP contribution in [0, 0.1) is 0 Å². The van der Waals surface area contributed by atoms with Crippen LogP contribution in [-0.2, 0) is 19.6 Å². The monoisotopic (exact) mass is 456 g/mol. The van der Waals surface area contributed by atoms with Crippen LogP contribution in [0.25, 0.3) is 11.0 Å². The van der Waals surface area contributed by atoms with Gasteiger partial charge in [0, 0.05) is 45.3 Å². The zero-order valence-electron chi connectivity index (χ0n) is 20.0. The second-order valence-electron chi connectivity index (χ2n) is 8.86. The van der Waals surface area contributed by atoms with Crippen molar-refractivity contribution in [2.75, 3.05) is 40.4 Å². The van der Waals surface area contributed by atoms with Crippen LogP contribution in [0.3, 0.4) is 0 Å². The Labute approximate surface area is 201 Å². The molecule has 5 rings (SSSR count). The van der Waals surface area contributed by atoms with Crippen LogP contribution in [-0.4, -0.2) is 59.7 Å². The Morgan fingerprint density at radius 1 is 0.676 bits per heavy atom. The van der Waals surface area contributed by atoms with Crippen LogP contribution in [0.1, 0.15) is 17.0 Å². The number of rotatable bonds is 8. The molecule has 34 heavy (non-hydrogen) atoms. The summed E-state index contributed by atoms with van der Waals surface area (Å²) >= 11 is 0. The Morgan fingerprint density at radius 2 is 1.29 bits per heavy atom. The molecule has 1 fully saturated rings. The minimum absolute atomic E-state index is 0.838. The zero-order valence-corrected chi connectivity index (χ0v) is 20.0. The largest absolute Gasteiger partial charge is 0.497 e. The van der Waals surface area contributed by atoms with Crippen molar-refractivity contribution in [1.82, 2.24) is 19.4 Å². The molecule has 1 aromatic heterocycles. The van der Waals surface area contributed by atoms with Crippen LogP contribution >= 0.6 is 0 Å². The number of hydrogen-bond donors (Lipinski definition) is 0. The van der Waals surface area contributed by atoms with Crippen molar-refractivity contribution in [1.29, 1.82) is 0 Å². The molecule has 176 valence electrons. The smallest absolute Gasteiger partial charge is 0.124 e. The van der Waals surface area contributed by atoms with Crippen molar-refractivity contribution in [3.8, 4) is 11.5 Å². The molecule has 6 heteroatoms. The summed E-state index contributed by atoms with van der Waals surface area (Å²) in [6, 6.07) is 25.2. The van der Waals surface area contributed by atoms with Gasteiger partial charge in [-0.1, -0.05) is 42.5 Å². The molecule has 2 heterocycles. The van der Waals surface area contributed by atoms with Gasteiger partial charge in [0.25, 0.3) is 0 Å². The lowest BCUT2D eigenvalue weighted by Gasteiger charge is -2.34. The lowest BCUT2D eigenvalue weighted by atomic mass is 10.1. The Hall–Kier alpha value is -3.35. The molecule has 6 nitrogen and oxygen atoms in total. The quantitative estimate of drug-likeness (QED) is 0.393. The fourth-order valence-corrected chi connectivity index (χ4v) is 4.71. The second-order valence-corrected chi connectivity index (χ2v) is 8.86. The highest BCUT2D eigenvalue weighted by Crippen LogP contribution is 2.24. The van der Waals surface area contributed by atoms with E-state index in [1.54, 1.807) is 14.2 Å². The Kier molecular flexibility index (Phi) is 6.79. The van der Waals surface area contributed by atoms with E-state index in [1.165, 1.54) is 16.6 Å². The van der Waals surface area contributed by atoms with E-state index >= 15 is 0 Å². The second kappa shape index (κ2) is 10.3. The van der Waals surface area contributed by atoms with Gasteiger partial charge in [-0.25, -0.2) is 4.98 Å². The average molecular weight is 457 g/mol. The molecule has 0 unspecified atom stereocenters. The third kappa shape index (κ3) is 5.08. The predicted molar refractivity (Wildman–Crippen MR) is 135 cm³/mol. The fraction of sp³-hybridized carbons (Fsp3) is 0.321. The van der Waals surface area contributed by atoms with Crippen LogP contribution in [0.5, 0.6) is 11.5 Å². The number of imidazole rings is 1. The fourth-order valence-electron chi connectivity index (χ4n) is 4.71. The first-order valence-electron chi connectivity index (χ1n) is 11.9. The maximum absolute atomic E-state index is 5.43. The summed E-state index contributed by atoms with van der Waals surface area (Å²) in [6.07, 6.45) is 0. The van der Waals surface area contributed by atoms with E-state index in [1.807, 2.05) is 6.07 Å². The van der Waals surface area contributed by atoms with Gasteiger partial charge in [-0.3, -0.25) is 9.80 Å². The molecule has 0 atom stereocenters.